The Morgan fingerprint density at radius 2 is 1.61 bits per heavy atom. The molecule has 0 atom stereocenters. The van der Waals surface area contributed by atoms with E-state index in [4.69, 9.17) is 19.2 Å². The molecule has 1 saturated carbocycles. The van der Waals surface area contributed by atoms with Gasteiger partial charge in [0.05, 0.1) is 38.1 Å². The zero-order valence-electron chi connectivity index (χ0n) is 20.8. The van der Waals surface area contributed by atoms with Crippen LogP contribution in [-0.2, 0) is 0 Å². The van der Waals surface area contributed by atoms with E-state index in [1.54, 1.807) is 44.6 Å². The number of hydrogen-bond acceptors (Lipinski definition) is 8. The van der Waals surface area contributed by atoms with Crippen molar-refractivity contribution in [3.63, 3.8) is 0 Å². The fourth-order valence-corrected chi connectivity index (χ4v) is 5.17. The molecule has 0 spiro atoms. The lowest BCUT2D eigenvalue weighted by Gasteiger charge is -2.13. The predicted molar refractivity (Wildman–Crippen MR) is 142 cm³/mol. The van der Waals surface area contributed by atoms with Gasteiger partial charge in [0.1, 0.15) is 22.5 Å². The van der Waals surface area contributed by atoms with Crippen molar-refractivity contribution in [1.82, 2.24) is 19.7 Å². The Bertz CT molecular complexity index is 1620. The van der Waals surface area contributed by atoms with Gasteiger partial charge in [0.2, 0.25) is 10.9 Å². The molecule has 8 nitrogen and oxygen atoms in total. The monoisotopic (exact) mass is 535 g/mol. The van der Waals surface area contributed by atoms with Crippen LogP contribution in [0.3, 0.4) is 0 Å². The molecule has 11 heteroatoms. The van der Waals surface area contributed by atoms with Crippen LogP contribution in [0.2, 0.25) is 0 Å². The second-order valence-corrected chi connectivity index (χ2v) is 9.79. The van der Waals surface area contributed by atoms with Crippen LogP contribution in [0.25, 0.3) is 33.0 Å². The highest BCUT2D eigenvalue weighted by molar-refractivity contribution is 7.18. The molecule has 1 fully saturated rings. The Morgan fingerprint density at radius 3 is 2.24 bits per heavy atom. The minimum absolute atomic E-state index is 0.233. The summed E-state index contributed by atoms with van der Waals surface area (Å²) in [6.45, 7) is 0. The van der Waals surface area contributed by atoms with Gasteiger partial charge in [0, 0.05) is 23.2 Å². The summed E-state index contributed by atoms with van der Waals surface area (Å²) in [4.78, 5) is 4.79. The summed E-state index contributed by atoms with van der Waals surface area (Å²) >= 11 is 1.26. The van der Waals surface area contributed by atoms with Gasteiger partial charge in [-0.25, -0.2) is 13.8 Å². The normalized spacial score (nSPS) is 13.1. The molecule has 0 radical (unpaired) electrons. The van der Waals surface area contributed by atoms with Gasteiger partial charge in [0.15, 0.2) is 11.5 Å². The van der Waals surface area contributed by atoms with E-state index >= 15 is 4.39 Å². The maximum absolute atomic E-state index is 15.3. The number of halogens is 2. The first-order valence-electron chi connectivity index (χ1n) is 11.9. The summed E-state index contributed by atoms with van der Waals surface area (Å²) in [5.74, 6) is 1.40. The number of benzene rings is 3. The molecule has 0 aliphatic heterocycles. The van der Waals surface area contributed by atoms with Crippen LogP contribution in [0.1, 0.15) is 18.9 Å². The van der Waals surface area contributed by atoms with Gasteiger partial charge in [0.25, 0.3) is 0 Å². The molecule has 6 rings (SSSR count). The van der Waals surface area contributed by atoms with E-state index in [0.29, 0.717) is 49.8 Å². The highest BCUT2D eigenvalue weighted by atomic mass is 32.1. The lowest BCUT2D eigenvalue weighted by molar-refractivity contribution is 0.324. The minimum atomic E-state index is -0.436. The molecule has 1 N–H and O–H groups in total. The van der Waals surface area contributed by atoms with Crippen molar-refractivity contribution in [2.45, 2.75) is 18.9 Å². The van der Waals surface area contributed by atoms with Crippen molar-refractivity contribution in [1.29, 1.82) is 0 Å². The first kappa shape index (κ1) is 24.1. The molecule has 0 amide bonds. The third-order valence-electron chi connectivity index (χ3n) is 6.37. The second-order valence-electron chi connectivity index (χ2n) is 8.82. The third kappa shape index (κ3) is 4.28. The number of anilines is 2. The third-order valence-corrected chi connectivity index (χ3v) is 7.26. The maximum atomic E-state index is 15.3. The average molecular weight is 536 g/mol. The molecule has 1 aliphatic carbocycles. The highest BCUT2D eigenvalue weighted by Gasteiger charge is 2.29. The van der Waals surface area contributed by atoms with Crippen LogP contribution in [0.15, 0.2) is 48.5 Å². The molecular weight excluding hydrogens is 512 g/mol. The molecular formula is C27H23F2N5O3S. The number of aromatic nitrogens is 4. The average Bonchev–Trinajstić information content (AvgIpc) is 3.55. The Morgan fingerprint density at radius 1 is 0.895 bits per heavy atom. The minimum Gasteiger partial charge on any atom is -0.493 e. The number of nitrogens with one attached hydrogen (secondary N) is 1. The largest absolute Gasteiger partial charge is 0.493 e. The van der Waals surface area contributed by atoms with Crippen molar-refractivity contribution in [2.75, 3.05) is 26.6 Å². The number of imidazole rings is 1. The zero-order valence-corrected chi connectivity index (χ0v) is 21.6. The topological polar surface area (TPSA) is 83.3 Å². The van der Waals surface area contributed by atoms with Gasteiger partial charge < -0.3 is 24.1 Å². The standard InChI is InChI=1S/C27H23F2N5O3S/c1-35-22-10-15(11-23(36-2)24(22)37-3)26-32-33-27(38-26)31-19-13-20-21(12-18(19)29)34(17-8-9-17)25(30-20)14-4-6-16(28)7-5-14/h4-7,10-13,17H,8-9H2,1-3H3,(H,31,33). The van der Waals surface area contributed by atoms with E-state index in [1.165, 1.54) is 36.6 Å². The van der Waals surface area contributed by atoms with Gasteiger partial charge in [-0.05, 0) is 55.3 Å². The Hall–Kier alpha value is -4.25. The molecule has 5 aromatic rings. The zero-order chi connectivity index (χ0) is 26.4. The summed E-state index contributed by atoms with van der Waals surface area (Å²) in [5.41, 5.74) is 3.06. The number of fused-ring (bicyclic) bond motifs is 1. The molecule has 1 aliphatic rings. The summed E-state index contributed by atoms with van der Waals surface area (Å²) in [6.07, 6.45) is 1.99. The van der Waals surface area contributed by atoms with Crippen LogP contribution in [0.5, 0.6) is 17.2 Å². The fraction of sp³-hybridized carbons (Fsp3) is 0.222. The number of methoxy groups -OCH3 is 3. The van der Waals surface area contributed by atoms with Crippen LogP contribution in [0, 0.1) is 11.6 Å². The second kappa shape index (κ2) is 9.56. The summed E-state index contributed by atoms with van der Waals surface area (Å²) in [7, 11) is 4.62. The van der Waals surface area contributed by atoms with Crippen LogP contribution < -0.4 is 19.5 Å². The Kier molecular flexibility index (Phi) is 6.07. The van der Waals surface area contributed by atoms with E-state index in [-0.39, 0.29) is 17.5 Å². The molecule has 0 bridgehead atoms. The van der Waals surface area contributed by atoms with Gasteiger partial charge >= 0.3 is 0 Å². The number of ether oxygens (including phenoxy) is 3. The molecule has 38 heavy (non-hydrogen) atoms. The summed E-state index contributed by atoms with van der Waals surface area (Å²) < 4.78 is 47.1. The Labute approximate surface area is 220 Å². The van der Waals surface area contributed by atoms with Crippen molar-refractivity contribution >= 4 is 33.2 Å². The van der Waals surface area contributed by atoms with Gasteiger partial charge in [-0.3, -0.25) is 0 Å². The van der Waals surface area contributed by atoms with Crippen molar-refractivity contribution < 1.29 is 23.0 Å². The molecule has 2 aromatic heterocycles. The van der Waals surface area contributed by atoms with Gasteiger partial charge in [-0.1, -0.05) is 11.3 Å². The quantitative estimate of drug-likeness (QED) is 0.240. The first-order valence-corrected chi connectivity index (χ1v) is 12.7. The highest BCUT2D eigenvalue weighted by Crippen LogP contribution is 2.44. The lowest BCUT2D eigenvalue weighted by Crippen LogP contribution is -1.98. The van der Waals surface area contributed by atoms with Crippen molar-refractivity contribution in [3.05, 3.63) is 60.2 Å². The van der Waals surface area contributed by atoms with Crippen molar-refractivity contribution in [2.24, 2.45) is 0 Å². The van der Waals surface area contributed by atoms with Gasteiger partial charge in [-0.2, -0.15) is 0 Å². The van der Waals surface area contributed by atoms with E-state index < -0.39 is 5.82 Å². The van der Waals surface area contributed by atoms with Crippen LogP contribution in [-0.4, -0.2) is 41.1 Å². The smallest absolute Gasteiger partial charge is 0.210 e. The maximum Gasteiger partial charge on any atom is 0.210 e. The SMILES string of the molecule is COc1cc(-c2nnc(Nc3cc4nc(-c5ccc(F)cc5)n(C5CC5)c4cc3F)s2)cc(OC)c1OC. The van der Waals surface area contributed by atoms with E-state index in [0.717, 1.165) is 18.4 Å². The van der Waals surface area contributed by atoms with Crippen LogP contribution >= 0.6 is 11.3 Å². The first-order chi connectivity index (χ1) is 18.5. The van der Waals surface area contributed by atoms with Gasteiger partial charge in [-0.15, -0.1) is 10.2 Å². The molecule has 194 valence electrons. The van der Waals surface area contributed by atoms with E-state index in [1.807, 2.05) is 4.57 Å². The van der Waals surface area contributed by atoms with Crippen LogP contribution in [0.4, 0.5) is 19.6 Å². The number of rotatable bonds is 8. The predicted octanol–water partition coefficient (Wildman–Crippen LogP) is 6.60. The van der Waals surface area contributed by atoms with Crippen molar-refractivity contribution in [3.8, 4) is 39.2 Å². The molecule has 0 saturated heterocycles. The van der Waals surface area contributed by atoms with E-state index in [9.17, 15) is 4.39 Å². The Balaban J connectivity index is 1.34. The molecule has 0 unspecified atom stereocenters. The van der Waals surface area contributed by atoms with E-state index in [2.05, 4.69) is 15.5 Å². The lowest BCUT2D eigenvalue weighted by atomic mass is 10.2. The summed E-state index contributed by atoms with van der Waals surface area (Å²) in [5, 5.41) is 12.5. The number of nitrogens with zero attached hydrogens (tertiary/aromatic N) is 4. The fourth-order valence-electron chi connectivity index (χ4n) is 4.43. The molecule has 3 aromatic carbocycles. The number of hydrogen-bond donors (Lipinski definition) is 1. The molecule has 2 heterocycles. The summed E-state index contributed by atoms with van der Waals surface area (Å²) in [6, 6.07) is 13.1.